The Balaban J connectivity index is 3.32. The van der Waals surface area contributed by atoms with E-state index in [0.717, 1.165) is 11.3 Å². The Labute approximate surface area is 72.0 Å². The number of nitrogens with zero attached hydrogens (tertiary/aromatic N) is 2. The second-order valence-electron chi connectivity index (χ2n) is 3.82. The van der Waals surface area contributed by atoms with Crippen LogP contribution in [0.2, 0.25) is 0 Å². The minimum atomic E-state index is -0.0743. The summed E-state index contributed by atoms with van der Waals surface area (Å²) in [5.74, 6) is 0.735. The topological polar surface area (TPSA) is 49.8 Å². The normalized spacial score (nSPS) is 11.2. The molecule has 64 valence electrons. The van der Waals surface area contributed by atoms with Crippen LogP contribution in [0.1, 0.15) is 37.8 Å². The molecule has 0 radical (unpaired) electrons. The first-order valence-electron chi connectivity index (χ1n) is 3.83. The average Bonchev–Trinajstić information content (AvgIpc) is 2.29. The predicted molar refractivity (Wildman–Crippen MR) is 44.7 cm³/mol. The van der Waals surface area contributed by atoms with E-state index < -0.39 is 0 Å². The smallest absolute Gasteiger partial charge is 0.187 e. The lowest BCUT2D eigenvalue weighted by Crippen LogP contribution is -2.13. The van der Waals surface area contributed by atoms with E-state index in [-0.39, 0.29) is 5.41 Å². The highest BCUT2D eigenvalue weighted by Crippen LogP contribution is 2.28. The molecule has 1 aromatic heterocycles. The van der Waals surface area contributed by atoms with Gasteiger partial charge in [0.15, 0.2) is 5.69 Å². The zero-order chi connectivity index (χ0) is 9.35. The number of aromatic nitrogens is 1. The summed E-state index contributed by atoms with van der Waals surface area (Å²) in [6, 6.07) is 2.02. The SMILES string of the molecule is Cc1onc(C#N)c1C(C)(C)C. The molecule has 1 rings (SSSR count). The van der Waals surface area contributed by atoms with Gasteiger partial charge in [0.1, 0.15) is 11.8 Å². The number of aryl methyl sites for hydroxylation is 1. The van der Waals surface area contributed by atoms with Crippen LogP contribution in [0.25, 0.3) is 0 Å². The summed E-state index contributed by atoms with van der Waals surface area (Å²) in [6.45, 7) is 7.93. The molecule has 0 aromatic carbocycles. The van der Waals surface area contributed by atoms with E-state index in [9.17, 15) is 0 Å². The average molecular weight is 164 g/mol. The van der Waals surface area contributed by atoms with Crippen LogP contribution in [0, 0.1) is 18.3 Å². The van der Waals surface area contributed by atoms with Crippen LogP contribution in [0.5, 0.6) is 0 Å². The second-order valence-corrected chi connectivity index (χ2v) is 3.82. The minimum Gasteiger partial charge on any atom is -0.360 e. The van der Waals surface area contributed by atoms with Crippen molar-refractivity contribution in [2.45, 2.75) is 33.1 Å². The maximum Gasteiger partial charge on any atom is 0.187 e. The standard InChI is InChI=1S/C9H12N2O/c1-6-8(9(2,3)4)7(5-10)11-12-6/h1-4H3. The number of hydrogen-bond acceptors (Lipinski definition) is 3. The van der Waals surface area contributed by atoms with Crippen molar-refractivity contribution in [2.75, 3.05) is 0 Å². The van der Waals surface area contributed by atoms with E-state index in [1.807, 2.05) is 33.8 Å². The molecule has 0 bridgehead atoms. The van der Waals surface area contributed by atoms with Crippen molar-refractivity contribution in [3.63, 3.8) is 0 Å². The summed E-state index contributed by atoms with van der Waals surface area (Å²) >= 11 is 0. The molecular formula is C9H12N2O. The molecule has 0 fully saturated rings. The number of hydrogen-bond donors (Lipinski definition) is 0. The van der Waals surface area contributed by atoms with Crippen LogP contribution in [-0.2, 0) is 5.41 Å². The molecule has 0 atom stereocenters. The zero-order valence-corrected chi connectivity index (χ0v) is 7.80. The highest BCUT2D eigenvalue weighted by Gasteiger charge is 2.24. The highest BCUT2D eigenvalue weighted by atomic mass is 16.5. The van der Waals surface area contributed by atoms with E-state index >= 15 is 0 Å². The lowest BCUT2D eigenvalue weighted by Gasteiger charge is -2.16. The largest absolute Gasteiger partial charge is 0.360 e. The van der Waals surface area contributed by atoms with Crippen LogP contribution in [0.4, 0.5) is 0 Å². The van der Waals surface area contributed by atoms with E-state index in [1.165, 1.54) is 0 Å². The summed E-state index contributed by atoms with van der Waals surface area (Å²) in [7, 11) is 0. The molecule has 1 aromatic rings. The van der Waals surface area contributed by atoms with E-state index in [0.29, 0.717) is 5.69 Å². The van der Waals surface area contributed by atoms with Gasteiger partial charge < -0.3 is 4.52 Å². The van der Waals surface area contributed by atoms with Gasteiger partial charge in [-0.15, -0.1) is 0 Å². The van der Waals surface area contributed by atoms with Crippen LogP contribution < -0.4 is 0 Å². The van der Waals surface area contributed by atoms with Crippen LogP contribution in [0.15, 0.2) is 4.52 Å². The third kappa shape index (κ3) is 1.33. The number of rotatable bonds is 0. The van der Waals surface area contributed by atoms with Crippen molar-refractivity contribution in [2.24, 2.45) is 0 Å². The fourth-order valence-corrected chi connectivity index (χ4v) is 1.33. The lowest BCUT2D eigenvalue weighted by molar-refractivity contribution is 0.391. The van der Waals surface area contributed by atoms with Crippen LogP contribution in [-0.4, -0.2) is 5.16 Å². The van der Waals surface area contributed by atoms with Gasteiger partial charge in [0, 0.05) is 5.56 Å². The molecule has 3 nitrogen and oxygen atoms in total. The summed E-state index contributed by atoms with van der Waals surface area (Å²) < 4.78 is 4.94. The Hall–Kier alpha value is -1.30. The Morgan fingerprint density at radius 1 is 1.42 bits per heavy atom. The first-order chi connectivity index (χ1) is 5.46. The molecule has 0 aliphatic rings. The molecule has 0 saturated heterocycles. The molecule has 12 heavy (non-hydrogen) atoms. The van der Waals surface area contributed by atoms with Gasteiger partial charge in [-0.3, -0.25) is 0 Å². The first kappa shape index (κ1) is 8.79. The van der Waals surface area contributed by atoms with Crippen molar-refractivity contribution in [1.29, 1.82) is 5.26 Å². The Morgan fingerprint density at radius 3 is 2.33 bits per heavy atom. The first-order valence-corrected chi connectivity index (χ1v) is 3.83. The van der Waals surface area contributed by atoms with Crippen LogP contribution >= 0.6 is 0 Å². The van der Waals surface area contributed by atoms with Crippen molar-refractivity contribution in [3.05, 3.63) is 17.0 Å². The van der Waals surface area contributed by atoms with Crippen LogP contribution in [0.3, 0.4) is 0 Å². The molecule has 0 unspecified atom stereocenters. The molecule has 0 amide bonds. The van der Waals surface area contributed by atoms with Gasteiger partial charge in [-0.25, -0.2) is 0 Å². The maximum atomic E-state index is 8.72. The monoisotopic (exact) mass is 164 g/mol. The van der Waals surface area contributed by atoms with Gasteiger partial charge in [-0.05, 0) is 12.3 Å². The van der Waals surface area contributed by atoms with Gasteiger partial charge in [0.05, 0.1) is 0 Å². The van der Waals surface area contributed by atoms with E-state index in [2.05, 4.69) is 5.16 Å². The molecule has 0 saturated carbocycles. The van der Waals surface area contributed by atoms with Gasteiger partial charge in [0.25, 0.3) is 0 Å². The molecule has 0 aliphatic heterocycles. The third-order valence-corrected chi connectivity index (χ3v) is 1.72. The highest BCUT2D eigenvalue weighted by molar-refractivity contribution is 5.37. The molecule has 1 heterocycles. The molecular weight excluding hydrogens is 152 g/mol. The quantitative estimate of drug-likeness (QED) is 0.590. The molecule has 0 aliphatic carbocycles. The van der Waals surface area contributed by atoms with Gasteiger partial charge in [0.2, 0.25) is 0 Å². The van der Waals surface area contributed by atoms with Crippen molar-refractivity contribution >= 4 is 0 Å². The van der Waals surface area contributed by atoms with E-state index in [1.54, 1.807) is 0 Å². The van der Waals surface area contributed by atoms with Gasteiger partial charge in [-0.2, -0.15) is 5.26 Å². The minimum absolute atomic E-state index is 0.0743. The summed E-state index contributed by atoms with van der Waals surface area (Å²) in [5.41, 5.74) is 1.24. The molecule has 3 heteroatoms. The van der Waals surface area contributed by atoms with Crippen molar-refractivity contribution < 1.29 is 4.52 Å². The fraction of sp³-hybridized carbons (Fsp3) is 0.556. The third-order valence-electron chi connectivity index (χ3n) is 1.72. The predicted octanol–water partition coefficient (Wildman–Crippen LogP) is 2.15. The van der Waals surface area contributed by atoms with Crippen molar-refractivity contribution in [3.8, 4) is 6.07 Å². The maximum absolute atomic E-state index is 8.72. The lowest BCUT2D eigenvalue weighted by atomic mass is 9.86. The summed E-state index contributed by atoms with van der Waals surface area (Å²) in [5, 5.41) is 12.4. The fourth-order valence-electron chi connectivity index (χ4n) is 1.33. The number of nitriles is 1. The Bertz CT molecular complexity index is 325. The van der Waals surface area contributed by atoms with Gasteiger partial charge in [-0.1, -0.05) is 25.9 Å². The summed E-state index contributed by atoms with van der Waals surface area (Å²) in [4.78, 5) is 0. The Kier molecular flexibility index (Phi) is 1.93. The van der Waals surface area contributed by atoms with Gasteiger partial charge >= 0.3 is 0 Å². The molecule has 0 N–H and O–H groups in total. The molecule has 0 spiro atoms. The Morgan fingerprint density at radius 2 is 2.00 bits per heavy atom. The van der Waals surface area contributed by atoms with E-state index in [4.69, 9.17) is 9.78 Å². The van der Waals surface area contributed by atoms with Crippen molar-refractivity contribution in [1.82, 2.24) is 5.16 Å². The second kappa shape index (κ2) is 2.63. The zero-order valence-electron chi connectivity index (χ0n) is 7.80. The summed E-state index contributed by atoms with van der Waals surface area (Å²) in [6.07, 6.45) is 0.